The van der Waals surface area contributed by atoms with Gasteiger partial charge in [0.05, 0.1) is 14.2 Å². The van der Waals surface area contributed by atoms with Crippen molar-refractivity contribution in [1.29, 1.82) is 0 Å². The minimum atomic E-state index is -1.37. The van der Waals surface area contributed by atoms with Crippen molar-refractivity contribution in [3.63, 3.8) is 0 Å². The number of carbonyl (C=O) groups is 4. The molecule has 1 unspecified atom stereocenters. The Hall–Kier alpha value is -2.38. The van der Waals surface area contributed by atoms with E-state index < -0.39 is 41.3 Å². The Kier molecular flexibility index (Phi) is 5.89. The zero-order valence-electron chi connectivity index (χ0n) is 13.7. The number of hydrogen-bond donors (Lipinski definition) is 2. The number of nitrogens with one attached hydrogen (secondary N) is 2. The molecule has 2 amide bonds. The first-order chi connectivity index (χ1) is 10.7. The molecule has 0 aromatic carbocycles. The topological polar surface area (TPSA) is 111 Å². The second kappa shape index (κ2) is 7.26. The number of rotatable bonds is 7. The second-order valence-electron chi connectivity index (χ2n) is 5.45. The molecule has 8 nitrogen and oxygen atoms in total. The highest BCUT2D eigenvalue weighted by Crippen LogP contribution is 2.53. The Balaban J connectivity index is 2.85. The maximum atomic E-state index is 12.4. The van der Waals surface area contributed by atoms with Gasteiger partial charge in [-0.1, -0.05) is 6.08 Å². The van der Waals surface area contributed by atoms with Gasteiger partial charge in [-0.15, -0.1) is 6.58 Å². The normalized spacial score (nSPS) is 20.4. The summed E-state index contributed by atoms with van der Waals surface area (Å²) in [6, 6.07) is -1.78. The van der Waals surface area contributed by atoms with Crippen LogP contribution < -0.4 is 10.6 Å². The van der Waals surface area contributed by atoms with Gasteiger partial charge in [0.15, 0.2) is 0 Å². The molecule has 0 heterocycles. The third-order valence-electron chi connectivity index (χ3n) is 3.91. The summed E-state index contributed by atoms with van der Waals surface area (Å²) in [5, 5.41) is 4.91. The summed E-state index contributed by atoms with van der Waals surface area (Å²) in [5.41, 5.74) is -1.37. The second-order valence-corrected chi connectivity index (χ2v) is 5.45. The van der Waals surface area contributed by atoms with Gasteiger partial charge in [0.1, 0.15) is 17.5 Å². The molecule has 1 saturated carbocycles. The van der Waals surface area contributed by atoms with Gasteiger partial charge < -0.3 is 20.1 Å². The van der Waals surface area contributed by atoms with Crippen molar-refractivity contribution in [3.8, 4) is 0 Å². The van der Waals surface area contributed by atoms with Crippen molar-refractivity contribution >= 4 is 23.8 Å². The van der Waals surface area contributed by atoms with Crippen molar-refractivity contribution in [3.05, 3.63) is 12.7 Å². The standard InChI is InChI=1S/C15H22N2O6/c1-6-10-7-15(10,13(20)16-8(2)11(18)22-4)14(21)17-9(3)12(19)23-5/h6,8-10H,1,7H2,2-5H3,(H,16,20)(H,17,21)/t8-,9-,10?/m0/s1. The van der Waals surface area contributed by atoms with Gasteiger partial charge in [0, 0.05) is 5.92 Å². The van der Waals surface area contributed by atoms with Crippen LogP contribution >= 0.6 is 0 Å². The molecule has 0 spiro atoms. The summed E-state index contributed by atoms with van der Waals surface area (Å²) in [5.74, 6) is -2.80. The van der Waals surface area contributed by atoms with E-state index in [0.29, 0.717) is 0 Å². The van der Waals surface area contributed by atoms with Crippen LogP contribution in [0, 0.1) is 11.3 Å². The lowest BCUT2D eigenvalue weighted by atomic mass is 10.00. The Morgan fingerprint density at radius 3 is 1.70 bits per heavy atom. The maximum Gasteiger partial charge on any atom is 0.328 e. The summed E-state index contributed by atoms with van der Waals surface area (Å²) in [6.07, 6.45) is 1.76. The van der Waals surface area contributed by atoms with Gasteiger partial charge in [-0.3, -0.25) is 9.59 Å². The van der Waals surface area contributed by atoms with Crippen LogP contribution in [-0.4, -0.2) is 50.1 Å². The van der Waals surface area contributed by atoms with Crippen LogP contribution in [0.1, 0.15) is 20.3 Å². The fourth-order valence-electron chi connectivity index (χ4n) is 2.32. The van der Waals surface area contributed by atoms with Gasteiger partial charge >= 0.3 is 11.9 Å². The summed E-state index contributed by atoms with van der Waals surface area (Å²) in [6.45, 7) is 6.51. The SMILES string of the molecule is C=CC1CC1(C(=O)N[C@@H](C)C(=O)OC)C(=O)N[C@@H](C)C(=O)OC. The minimum Gasteiger partial charge on any atom is -0.467 e. The molecule has 2 N–H and O–H groups in total. The van der Waals surface area contributed by atoms with Gasteiger partial charge in [0.25, 0.3) is 0 Å². The average Bonchev–Trinajstić information content (AvgIpc) is 3.28. The highest BCUT2D eigenvalue weighted by Gasteiger charge is 2.64. The van der Waals surface area contributed by atoms with E-state index in [9.17, 15) is 19.2 Å². The largest absolute Gasteiger partial charge is 0.467 e. The summed E-state index contributed by atoms with van der Waals surface area (Å²) in [4.78, 5) is 47.7. The van der Waals surface area contributed by atoms with Crippen LogP contribution in [-0.2, 0) is 28.7 Å². The molecular weight excluding hydrogens is 304 g/mol. The van der Waals surface area contributed by atoms with Crippen LogP contribution in [0.2, 0.25) is 0 Å². The molecule has 1 fully saturated rings. The van der Waals surface area contributed by atoms with Crippen molar-refractivity contribution in [1.82, 2.24) is 10.6 Å². The molecule has 1 aliphatic rings. The Labute approximate surface area is 134 Å². The van der Waals surface area contributed by atoms with Gasteiger partial charge in [0.2, 0.25) is 11.8 Å². The summed E-state index contributed by atoms with van der Waals surface area (Å²) >= 11 is 0. The number of allylic oxidation sites excluding steroid dienone is 1. The lowest BCUT2D eigenvalue weighted by Crippen LogP contribution is -2.51. The fourth-order valence-corrected chi connectivity index (χ4v) is 2.32. The van der Waals surface area contributed by atoms with E-state index >= 15 is 0 Å². The Bertz CT molecular complexity index is 494. The van der Waals surface area contributed by atoms with Gasteiger partial charge in [-0.05, 0) is 20.3 Å². The van der Waals surface area contributed by atoms with E-state index in [1.807, 2.05) is 0 Å². The summed E-state index contributed by atoms with van der Waals surface area (Å²) in [7, 11) is 2.41. The van der Waals surface area contributed by atoms with E-state index in [0.717, 1.165) is 0 Å². The first kappa shape index (κ1) is 18.7. The first-order valence-electron chi connectivity index (χ1n) is 7.14. The fraction of sp³-hybridized carbons (Fsp3) is 0.600. The third kappa shape index (κ3) is 3.69. The van der Waals surface area contributed by atoms with E-state index in [1.54, 1.807) is 0 Å². The molecule has 0 radical (unpaired) electrons. The molecule has 8 heteroatoms. The van der Waals surface area contributed by atoms with Crippen LogP contribution in [0.25, 0.3) is 0 Å². The van der Waals surface area contributed by atoms with Crippen molar-refractivity contribution in [2.45, 2.75) is 32.4 Å². The molecule has 0 aliphatic heterocycles. The number of hydrogen-bond acceptors (Lipinski definition) is 6. The number of ether oxygens (including phenoxy) is 2. The van der Waals surface area contributed by atoms with Crippen LogP contribution in [0.5, 0.6) is 0 Å². The number of carbonyl (C=O) groups excluding carboxylic acids is 4. The summed E-state index contributed by atoms with van der Waals surface area (Å²) < 4.78 is 9.07. The number of esters is 2. The lowest BCUT2D eigenvalue weighted by Gasteiger charge is -2.20. The molecule has 0 aromatic rings. The predicted molar refractivity (Wildman–Crippen MR) is 80.0 cm³/mol. The van der Waals surface area contributed by atoms with Gasteiger partial charge in [-0.2, -0.15) is 0 Å². The monoisotopic (exact) mass is 326 g/mol. The van der Waals surface area contributed by atoms with Crippen LogP contribution in [0.3, 0.4) is 0 Å². The highest BCUT2D eigenvalue weighted by molar-refractivity contribution is 6.10. The van der Waals surface area contributed by atoms with E-state index in [1.165, 1.54) is 34.1 Å². The number of amides is 2. The average molecular weight is 326 g/mol. The van der Waals surface area contributed by atoms with E-state index in [2.05, 4.69) is 26.7 Å². The van der Waals surface area contributed by atoms with Gasteiger partial charge in [-0.25, -0.2) is 9.59 Å². The molecule has 0 saturated heterocycles. The lowest BCUT2D eigenvalue weighted by molar-refractivity contribution is -0.148. The van der Waals surface area contributed by atoms with Crippen molar-refractivity contribution in [2.75, 3.05) is 14.2 Å². The third-order valence-corrected chi connectivity index (χ3v) is 3.91. The molecular formula is C15H22N2O6. The molecule has 1 aliphatic carbocycles. The smallest absolute Gasteiger partial charge is 0.328 e. The maximum absolute atomic E-state index is 12.4. The van der Waals surface area contributed by atoms with E-state index in [-0.39, 0.29) is 12.3 Å². The quantitative estimate of drug-likeness (QED) is 0.372. The molecule has 23 heavy (non-hydrogen) atoms. The van der Waals surface area contributed by atoms with Crippen molar-refractivity contribution < 1.29 is 28.7 Å². The Morgan fingerprint density at radius 1 is 1.04 bits per heavy atom. The molecule has 0 bridgehead atoms. The zero-order valence-corrected chi connectivity index (χ0v) is 13.7. The van der Waals surface area contributed by atoms with Crippen LogP contribution in [0.4, 0.5) is 0 Å². The zero-order chi connectivity index (χ0) is 17.8. The Morgan fingerprint density at radius 2 is 1.43 bits per heavy atom. The van der Waals surface area contributed by atoms with Crippen LogP contribution in [0.15, 0.2) is 12.7 Å². The van der Waals surface area contributed by atoms with Crippen molar-refractivity contribution in [2.24, 2.45) is 11.3 Å². The molecule has 0 aromatic heterocycles. The highest BCUT2D eigenvalue weighted by atomic mass is 16.5. The first-order valence-corrected chi connectivity index (χ1v) is 7.14. The molecule has 3 atom stereocenters. The predicted octanol–water partition coefficient (Wildman–Crippen LogP) is -0.466. The molecule has 128 valence electrons. The van der Waals surface area contributed by atoms with E-state index in [4.69, 9.17) is 0 Å². The minimum absolute atomic E-state index is 0.260. The molecule has 1 rings (SSSR count). The number of methoxy groups -OCH3 is 2.